The summed E-state index contributed by atoms with van der Waals surface area (Å²) in [6.45, 7) is 3.69. The number of ether oxygens (including phenoxy) is 1. The molecule has 0 N–H and O–H groups in total. The van der Waals surface area contributed by atoms with Gasteiger partial charge in [-0.3, -0.25) is 4.79 Å². The van der Waals surface area contributed by atoms with E-state index in [9.17, 15) is 4.79 Å². The largest absolute Gasteiger partial charge is 0.359 e. The Balaban J connectivity index is 2.15. The van der Waals surface area contributed by atoms with Gasteiger partial charge in [0.25, 0.3) is 0 Å². The normalized spacial score (nSPS) is 29.7. The van der Waals surface area contributed by atoms with Gasteiger partial charge in [-0.2, -0.15) is 0 Å². The molecule has 1 fully saturated rings. The zero-order valence-corrected chi connectivity index (χ0v) is 8.37. The van der Waals surface area contributed by atoms with Gasteiger partial charge in [0.15, 0.2) is 5.78 Å². The van der Waals surface area contributed by atoms with Gasteiger partial charge in [0.2, 0.25) is 0 Å². The summed E-state index contributed by atoms with van der Waals surface area (Å²) in [5.74, 6) is 0.162. The molecular formula is C12H16O2. The first-order valence-corrected chi connectivity index (χ1v) is 5.28. The van der Waals surface area contributed by atoms with Crippen LogP contribution in [0.3, 0.4) is 0 Å². The quantitative estimate of drug-likeness (QED) is 0.628. The highest BCUT2D eigenvalue weighted by atomic mass is 16.5. The molecule has 1 spiro atoms. The number of carbonyl (C=O) groups excluding carboxylic acids is 1. The minimum atomic E-state index is -0.470. The summed E-state index contributed by atoms with van der Waals surface area (Å²) in [4.78, 5) is 11.7. The van der Waals surface area contributed by atoms with Crippen LogP contribution in [-0.2, 0) is 9.53 Å². The molecule has 2 aliphatic rings. The first kappa shape index (κ1) is 9.66. The monoisotopic (exact) mass is 192 g/mol. The predicted octanol–water partition coefficient (Wildman–Crippen LogP) is 2.40. The zero-order valence-electron chi connectivity index (χ0n) is 8.37. The van der Waals surface area contributed by atoms with Gasteiger partial charge in [-0.25, -0.2) is 0 Å². The molecule has 1 unspecified atom stereocenters. The number of ketones is 1. The molecule has 0 radical (unpaired) electrons. The zero-order chi connectivity index (χ0) is 10.0. The van der Waals surface area contributed by atoms with Crippen LogP contribution in [0, 0.1) is 0 Å². The van der Waals surface area contributed by atoms with Crippen molar-refractivity contribution in [2.45, 2.75) is 43.8 Å². The standard InChI is InChI=1S/C12H16O2/c1-2-5-10-6-7-11(13)12(14-10)8-3-4-9-12/h2,6-7,10H,1,3-5,8-9H2. The van der Waals surface area contributed by atoms with Crippen molar-refractivity contribution in [3.63, 3.8) is 0 Å². The number of carbonyl (C=O) groups is 1. The van der Waals surface area contributed by atoms with E-state index in [1.807, 2.05) is 12.2 Å². The van der Waals surface area contributed by atoms with Crippen LogP contribution >= 0.6 is 0 Å². The van der Waals surface area contributed by atoms with Crippen molar-refractivity contribution in [2.24, 2.45) is 0 Å². The molecular weight excluding hydrogens is 176 g/mol. The lowest BCUT2D eigenvalue weighted by molar-refractivity contribution is -0.146. The van der Waals surface area contributed by atoms with E-state index >= 15 is 0 Å². The Bertz CT molecular complexity index is 272. The lowest BCUT2D eigenvalue weighted by atomic mass is 9.92. The predicted molar refractivity (Wildman–Crippen MR) is 55.0 cm³/mol. The molecule has 1 aliphatic heterocycles. The molecule has 0 aromatic heterocycles. The summed E-state index contributed by atoms with van der Waals surface area (Å²) in [7, 11) is 0. The van der Waals surface area contributed by atoms with Gasteiger partial charge in [0.05, 0.1) is 6.10 Å². The van der Waals surface area contributed by atoms with E-state index < -0.39 is 5.60 Å². The molecule has 0 aromatic carbocycles. The van der Waals surface area contributed by atoms with E-state index in [0.29, 0.717) is 0 Å². The Morgan fingerprint density at radius 2 is 2.29 bits per heavy atom. The van der Waals surface area contributed by atoms with Crippen molar-refractivity contribution >= 4 is 5.78 Å². The third-order valence-corrected chi connectivity index (χ3v) is 3.10. The minimum Gasteiger partial charge on any atom is -0.359 e. The summed E-state index contributed by atoms with van der Waals surface area (Å²) in [5.41, 5.74) is -0.470. The fourth-order valence-corrected chi connectivity index (χ4v) is 2.34. The van der Waals surface area contributed by atoms with E-state index in [1.165, 1.54) is 0 Å². The second-order valence-corrected chi connectivity index (χ2v) is 4.11. The molecule has 1 aliphatic carbocycles. The van der Waals surface area contributed by atoms with Gasteiger partial charge in [0.1, 0.15) is 5.60 Å². The van der Waals surface area contributed by atoms with Crippen molar-refractivity contribution in [3.05, 3.63) is 24.8 Å². The van der Waals surface area contributed by atoms with Crippen molar-refractivity contribution in [3.8, 4) is 0 Å². The number of rotatable bonds is 2. The van der Waals surface area contributed by atoms with Crippen LogP contribution in [0.2, 0.25) is 0 Å². The van der Waals surface area contributed by atoms with Crippen molar-refractivity contribution in [1.82, 2.24) is 0 Å². The molecule has 0 saturated heterocycles. The molecule has 1 saturated carbocycles. The minimum absolute atomic E-state index is 0.0586. The summed E-state index contributed by atoms with van der Waals surface area (Å²) in [5, 5.41) is 0. The highest BCUT2D eigenvalue weighted by molar-refractivity contribution is 5.98. The van der Waals surface area contributed by atoms with Gasteiger partial charge < -0.3 is 4.74 Å². The molecule has 0 aromatic rings. The molecule has 2 heteroatoms. The smallest absolute Gasteiger partial charge is 0.187 e. The molecule has 1 heterocycles. The summed E-state index contributed by atoms with van der Waals surface area (Å²) >= 11 is 0. The Morgan fingerprint density at radius 1 is 1.57 bits per heavy atom. The van der Waals surface area contributed by atoms with Gasteiger partial charge in [-0.15, -0.1) is 6.58 Å². The molecule has 2 nitrogen and oxygen atoms in total. The fraction of sp³-hybridized carbons (Fsp3) is 0.583. The van der Waals surface area contributed by atoms with Crippen molar-refractivity contribution in [2.75, 3.05) is 0 Å². The van der Waals surface area contributed by atoms with E-state index in [0.717, 1.165) is 32.1 Å². The van der Waals surface area contributed by atoms with Crippen molar-refractivity contribution in [1.29, 1.82) is 0 Å². The van der Waals surface area contributed by atoms with E-state index in [2.05, 4.69) is 6.58 Å². The van der Waals surface area contributed by atoms with E-state index in [4.69, 9.17) is 4.74 Å². The first-order valence-electron chi connectivity index (χ1n) is 5.28. The Kier molecular flexibility index (Phi) is 2.55. The number of hydrogen-bond acceptors (Lipinski definition) is 2. The van der Waals surface area contributed by atoms with Gasteiger partial charge in [-0.1, -0.05) is 12.2 Å². The topological polar surface area (TPSA) is 26.3 Å². The molecule has 0 amide bonds. The summed E-state index contributed by atoms with van der Waals surface area (Å²) < 4.78 is 5.88. The average Bonchev–Trinajstić information content (AvgIpc) is 2.62. The van der Waals surface area contributed by atoms with Gasteiger partial charge in [-0.05, 0) is 38.2 Å². The molecule has 14 heavy (non-hydrogen) atoms. The fourth-order valence-electron chi connectivity index (χ4n) is 2.34. The van der Waals surface area contributed by atoms with Crippen molar-refractivity contribution < 1.29 is 9.53 Å². The maximum atomic E-state index is 11.7. The second kappa shape index (κ2) is 3.70. The maximum absolute atomic E-state index is 11.7. The molecule has 76 valence electrons. The van der Waals surface area contributed by atoms with Crippen LogP contribution in [0.1, 0.15) is 32.1 Å². The first-order chi connectivity index (χ1) is 6.77. The maximum Gasteiger partial charge on any atom is 0.187 e. The van der Waals surface area contributed by atoms with Gasteiger partial charge in [0, 0.05) is 0 Å². The highest BCUT2D eigenvalue weighted by Gasteiger charge is 2.43. The SMILES string of the molecule is C=CCC1C=CC(=O)C2(CCCC2)O1. The number of hydrogen-bond donors (Lipinski definition) is 0. The molecule has 2 rings (SSSR count). The molecule has 0 bridgehead atoms. The molecule has 1 atom stereocenters. The summed E-state index contributed by atoms with van der Waals surface area (Å²) in [6.07, 6.45) is 10.3. The highest BCUT2D eigenvalue weighted by Crippen LogP contribution is 2.38. The Hall–Kier alpha value is -0.890. The van der Waals surface area contributed by atoms with Crippen LogP contribution in [0.15, 0.2) is 24.8 Å². The van der Waals surface area contributed by atoms with Crippen LogP contribution in [-0.4, -0.2) is 17.5 Å². The van der Waals surface area contributed by atoms with E-state index in [-0.39, 0.29) is 11.9 Å². The average molecular weight is 192 g/mol. The van der Waals surface area contributed by atoms with Crippen LogP contribution in [0.4, 0.5) is 0 Å². The van der Waals surface area contributed by atoms with E-state index in [1.54, 1.807) is 6.08 Å². The Labute approximate surface area is 84.6 Å². The van der Waals surface area contributed by atoms with Crippen LogP contribution in [0.5, 0.6) is 0 Å². The van der Waals surface area contributed by atoms with Gasteiger partial charge >= 0.3 is 0 Å². The third-order valence-electron chi connectivity index (χ3n) is 3.10. The third kappa shape index (κ3) is 1.55. The van der Waals surface area contributed by atoms with Crippen LogP contribution < -0.4 is 0 Å². The summed E-state index contributed by atoms with van der Waals surface area (Å²) in [6, 6.07) is 0. The second-order valence-electron chi connectivity index (χ2n) is 4.11. The Morgan fingerprint density at radius 3 is 2.93 bits per heavy atom. The lowest BCUT2D eigenvalue weighted by Gasteiger charge is -2.33. The lowest BCUT2D eigenvalue weighted by Crippen LogP contribution is -2.43. The van der Waals surface area contributed by atoms with Crippen LogP contribution in [0.25, 0.3) is 0 Å².